The van der Waals surface area contributed by atoms with Crippen LogP contribution in [0.5, 0.6) is 5.75 Å². The SMILES string of the molecule is NC(=O)COc1cccc2c1CCCC2C(N)S(=O)(=O)c1ccc(Cl)cc1. The van der Waals surface area contributed by atoms with Crippen LogP contribution < -0.4 is 16.2 Å². The molecule has 0 heterocycles. The fourth-order valence-corrected chi connectivity index (χ4v) is 5.15. The summed E-state index contributed by atoms with van der Waals surface area (Å²) in [5, 5.41) is -0.633. The molecule has 0 bridgehead atoms. The van der Waals surface area contributed by atoms with Crippen LogP contribution in [0.25, 0.3) is 0 Å². The first-order valence-corrected chi connectivity index (χ1v) is 10.5. The van der Waals surface area contributed by atoms with Gasteiger partial charge in [0.2, 0.25) is 0 Å². The van der Waals surface area contributed by atoms with Gasteiger partial charge in [-0.3, -0.25) is 4.79 Å². The Morgan fingerprint density at radius 2 is 1.93 bits per heavy atom. The standard InChI is InChI=1S/C19H21ClN2O4S/c20-12-7-9-13(10-8-12)27(24,25)19(22)16-5-1-4-15-14(16)3-2-6-17(15)26-11-18(21)23/h2-3,6-10,16,19H,1,4-5,11,22H2,(H2,21,23). The minimum Gasteiger partial charge on any atom is -0.483 e. The Kier molecular flexibility index (Phi) is 5.74. The fraction of sp³-hybridized carbons (Fsp3) is 0.316. The van der Waals surface area contributed by atoms with Crippen molar-refractivity contribution in [2.75, 3.05) is 6.61 Å². The molecule has 27 heavy (non-hydrogen) atoms. The third kappa shape index (κ3) is 4.10. The van der Waals surface area contributed by atoms with Gasteiger partial charge in [0.1, 0.15) is 11.1 Å². The lowest BCUT2D eigenvalue weighted by Crippen LogP contribution is -2.38. The molecular weight excluding hydrogens is 388 g/mol. The summed E-state index contributed by atoms with van der Waals surface area (Å²) in [4.78, 5) is 11.2. The zero-order chi connectivity index (χ0) is 19.6. The van der Waals surface area contributed by atoms with Crippen molar-refractivity contribution in [3.05, 3.63) is 58.6 Å². The molecule has 0 aromatic heterocycles. The van der Waals surface area contributed by atoms with Crippen LogP contribution in [-0.4, -0.2) is 26.3 Å². The van der Waals surface area contributed by atoms with Crippen molar-refractivity contribution in [2.24, 2.45) is 11.5 Å². The van der Waals surface area contributed by atoms with E-state index in [4.69, 9.17) is 27.8 Å². The van der Waals surface area contributed by atoms with Crippen LogP contribution in [0.3, 0.4) is 0 Å². The number of carbonyl (C=O) groups is 1. The van der Waals surface area contributed by atoms with Gasteiger partial charge in [0.05, 0.1) is 4.90 Å². The summed E-state index contributed by atoms with van der Waals surface area (Å²) in [7, 11) is -3.73. The first-order chi connectivity index (χ1) is 12.8. The van der Waals surface area contributed by atoms with E-state index < -0.39 is 21.1 Å². The van der Waals surface area contributed by atoms with Gasteiger partial charge in [-0.05, 0) is 60.7 Å². The number of hydrogen-bond acceptors (Lipinski definition) is 5. The summed E-state index contributed by atoms with van der Waals surface area (Å²) in [5.74, 6) is -0.388. The summed E-state index contributed by atoms with van der Waals surface area (Å²) < 4.78 is 31.5. The molecule has 8 heteroatoms. The zero-order valence-electron chi connectivity index (χ0n) is 14.6. The van der Waals surface area contributed by atoms with E-state index in [9.17, 15) is 13.2 Å². The number of rotatable bonds is 6. The number of fused-ring (bicyclic) bond motifs is 1. The van der Waals surface area contributed by atoms with E-state index in [1.54, 1.807) is 12.1 Å². The first kappa shape index (κ1) is 19.7. The Bertz CT molecular complexity index is 945. The number of carbonyl (C=O) groups excluding carboxylic acids is 1. The molecule has 0 fully saturated rings. The van der Waals surface area contributed by atoms with E-state index in [1.165, 1.54) is 24.3 Å². The molecule has 2 unspecified atom stereocenters. The van der Waals surface area contributed by atoms with Crippen LogP contribution >= 0.6 is 11.6 Å². The van der Waals surface area contributed by atoms with Crippen molar-refractivity contribution in [3.63, 3.8) is 0 Å². The molecule has 0 spiro atoms. The number of primary amides is 1. The average molecular weight is 409 g/mol. The second-order valence-electron chi connectivity index (χ2n) is 6.54. The van der Waals surface area contributed by atoms with Gasteiger partial charge in [0.15, 0.2) is 16.4 Å². The third-order valence-electron chi connectivity index (χ3n) is 4.78. The summed E-state index contributed by atoms with van der Waals surface area (Å²) in [5.41, 5.74) is 13.1. The van der Waals surface area contributed by atoms with E-state index >= 15 is 0 Å². The van der Waals surface area contributed by atoms with Crippen molar-refractivity contribution in [1.29, 1.82) is 0 Å². The maximum Gasteiger partial charge on any atom is 0.255 e. The number of halogens is 1. The maximum absolute atomic E-state index is 13.0. The number of ether oxygens (including phenoxy) is 1. The number of nitrogens with two attached hydrogens (primary N) is 2. The molecule has 2 aromatic rings. The second-order valence-corrected chi connectivity index (χ2v) is 9.08. The average Bonchev–Trinajstić information content (AvgIpc) is 2.65. The smallest absolute Gasteiger partial charge is 0.255 e. The van der Waals surface area contributed by atoms with Gasteiger partial charge in [-0.2, -0.15) is 0 Å². The first-order valence-electron chi connectivity index (χ1n) is 8.58. The summed E-state index contributed by atoms with van der Waals surface area (Å²) in [6, 6.07) is 11.4. The Balaban J connectivity index is 1.94. The summed E-state index contributed by atoms with van der Waals surface area (Å²) in [6.45, 7) is -0.226. The van der Waals surface area contributed by atoms with E-state index in [2.05, 4.69) is 0 Å². The van der Waals surface area contributed by atoms with E-state index in [-0.39, 0.29) is 17.4 Å². The molecule has 144 valence electrons. The van der Waals surface area contributed by atoms with Gasteiger partial charge in [-0.15, -0.1) is 0 Å². The molecular formula is C19H21ClN2O4S. The van der Waals surface area contributed by atoms with E-state index in [0.29, 0.717) is 17.2 Å². The Morgan fingerprint density at radius 3 is 2.59 bits per heavy atom. The Hall–Kier alpha value is -2.09. The topological polar surface area (TPSA) is 112 Å². The summed E-state index contributed by atoms with van der Waals surface area (Å²) in [6.07, 6.45) is 2.16. The lowest BCUT2D eigenvalue weighted by molar-refractivity contribution is -0.119. The molecule has 2 aromatic carbocycles. The highest BCUT2D eigenvalue weighted by atomic mass is 35.5. The van der Waals surface area contributed by atoms with Crippen LogP contribution in [0.15, 0.2) is 47.4 Å². The van der Waals surface area contributed by atoms with Crippen molar-refractivity contribution >= 4 is 27.3 Å². The molecule has 3 rings (SSSR count). The molecule has 0 aliphatic heterocycles. The maximum atomic E-state index is 13.0. The van der Waals surface area contributed by atoms with Crippen LogP contribution in [0, 0.1) is 0 Å². The quantitative estimate of drug-likeness (QED) is 0.761. The van der Waals surface area contributed by atoms with Crippen molar-refractivity contribution in [3.8, 4) is 5.75 Å². The molecule has 1 aliphatic rings. The minimum atomic E-state index is -3.73. The van der Waals surface area contributed by atoms with Crippen molar-refractivity contribution < 1.29 is 17.9 Å². The Labute approximate surface area is 163 Å². The highest BCUT2D eigenvalue weighted by Crippen LogP contribution is 2.40. The van der Waals surface area contributed by atoms with Gasteiger partial charge in [0.25, 0.3) is 5.91 Å². The van der Waals surface area contributed by atoms with Crippen molar-refractivity contribution in [1.82, 2.24) is 0 Å². The van der Waals surface area contributed by atoms with Gasteiger partial charge in [-0.25, -0.2) is 8.42 Å². The molecule has 4 N–H and O–H groups in total. The molecule has 0 saturated carbocycles. The number of benzene rings is 2. The minimum absolute atomic E-state index is 0.146. The summed E-state index contributed by atoms with van der Waals surface area (Å²) >= 11 is 5.85. The van der Waals surface area contributed by atoms with Gasteiger partial charge in [-0.1, -0.05) is 23.7 Å². The number of amides is 1. The lowest BCUT2D eigenvalue weighted by Gasteiger charge is -2.31. The molecule has 6 nitrogen and oxygen atoms in total. The molecule has 0 radical (unpaired) electrons. The predicted octanol–water partition coefficient (Wildman–Crippen LogP) is 2.38. The van der Waals surface area contributed by atoms with Crippen LogP contribution in [-0.2, 0) is 21.1 Å². The van der Waals surface area contributed by atoms with E-state index in [0.717, 1.165) is 24.0 Å². The lowest BCUT2D eigenvalue weighted by atomic mass is 9.82. The van der Waals surface area contributed by atoms with Crippen molar-refractivity contribution in [2.45, 2.75) is 35.4 Å². The second kappa shape index (κ2) is 7.88. The predicted molar refractivity (Wildman–Crippen MR) is 103 cm³/mol. The molecule has 1 aliphatic carbocycles. The molecule has 0 saturated heterocycles. The zero-order valence-corrected chi connectivity index (χ0v) is 16.2. The molecule has 1 amide bonds. The molecule has 2 atom stereocenters. The highest BCUT2D eigenvalue weighted by Gasteiger charge is 2.35. The monoisotopic (exact) mass is 408 g/mol. The van der Waals surface area contributed by atoms with Crippen LogP contribution in [0.1, 0.15) is 29.9 Å². The van der Waals surface area contributed by atoms with Crippen LogP contribution in [0.2, 0.25) is 5.02 Å². The largest absolute Gasteiger partial charge is 0.483 e. The van der Waals surface area contributed by atoms with Crippen LogP contribution in [0.4, 0.5) is 0 Å². The number of sulfone groups is 1. The highest BCUT2D eigenvalue weighted by molar-refractivity contribution is 7.92. The number of hydrogen-bond donors (Lipinski definition) is 2. The fourth-order valence-electron chi connectivity index (χ4n) is 3.47. The van der Waals surface area contributed by atoms with Gasteiger partial charge in [0, 0.05) is 10.9 Å². The van der Waals surface area contributed by atoms with Gasteiger partial charge >= 0.3 is 0 Å². The van der Waals surface area contributed by atoms with E-state index in [1.807, 2.05) is 6.07 Å². The van der Waals surface area contributed by atoms with Gasteiger partial charge < -0.3 is 16.2 Å². The Morgan fingerprint density at radius 1 is 1.22 bits per heavy atom. The normalized spacial score (nSPS) is 17.8. The third-order valence-corrected chi connectivity index (χ3v) is 7.00.